The normalized spacial score (nSPS) is 18.3. The van der Waals surface area contributed by atoms with E-state index in [0.717, 1.165) is 6.42 Å². The molecule has 0 aliphatic heterocycles. The van der Waals surface area contributed by atoms with E-state index in [1.807, 2.05) is 6.20 Å². The molecule has 3 heteroatoms. The van der Waals surface area contributed by atoms with Crippen LogP contribution >= 0.6 is 0 Å². The van der Waals surface area contributed by atoms with E-state index in [4.69, 9.17) is 5.73 Å². The van der Waals surface area contributed by atoms with Gasteiger partial charge in [0.05, 0.1) is 5.69 Å². The van der Waals surface area contributed by atoms with E-state index in [1.165, 1.54) is 49.8 Å². The van der Waals surface area contributed by atoms with Crippen LogP contribution in [0.4, 0.5) is 0 Å². The Balaban J connectivity index is 2.16. The minimum atomic E-state index is 0.645. The first-order chi connectivity index (χ1) is 7.92. The Labute approximate surface area is 97.5 Å². The second-order valence-electron chi connectivity index (χ2n) is 4.66. The molecule has 1 aromatic heterocycles. The molecule has 88 valence electrons. The van der Waals surface area contributed by atoms with Crippen molar-refractivity contribution in [3.63, 3.8) is 0 Å². The van der Waals surface area contributed by atoms with Crippen LogP contribution in [0.5, 0.6) is 0 Å². The fourth-order valence-electron chi connectivity index (χ4n) is 2.64. The van der Waals surface area contributed by atoms with E-state index in [0.29, 0.717) is 12.5 Å². The van der Waals surface area contributed by atoms with Gasteiger partial charge in [0, 0.05) is 12.1 Å². The first kappa shape index (κ1) is 11.5. The molecule has 0 saturated heterocycles. The summed E-state index contributed by atoms with van der Waals surface area (Å²) in [7, 11) is 0. The molecule has 1 heterocycles. The molecular formula is C13H21N3. The number of hydrogen-bond acceptors (Lipinski definition) is 3. The molecule has 16 heavy (non-hydrogen) atoms. The predicted molar refractivity (Wildman–Crippen MR) is 65.2 cm³/mol. The number of rotatable bonds is 3. The zero-order chi connectivity index (χ0) is 11.2. The van der Waals surface area contributed by atoms with Gasteiger partial charge in [-0.25, -0.2) is 9.97 Å². The van der Waals surface area contributed by atoms with E-state index in [2.05, 4.69) is 9.97 Å². The van der Waals surface area contributed by atoms with Crippen LogP contribution in [0.1, 0.15) is 55.7 Å². The van der Waals surface area contributed by atoms with Crippen LogP contribution in [0.3, 0.4) is 0 Å². The van der Waals surface area contributed by atoms with Crippen LogP contribution in [0.15, 0.2) is 12.5 Å². The molecule has 2 rings (SSSR count). The summed E-state index contributed by atoms with van der Waals surface area (Å²) in [4.78, 5) is 8.61. The van der Waals surface area contributed by atoms with E-state index in [1.54, 1.807) is 6.33 Å². The monoisotopic (exact) mass is 219 g/mol. The van der Waals surface area contributed by atoms with Crippen molar-refractivity contribution in [3.8, 4) is 0 Å². The van der Waals surface area contributed by atoms with Gasteiger partial charge in [-0.15, -0.1) is 0 Å². The number of nitrogens with two attached hydrogens (primary N) is 1. The molecule has 1 aliphatic carbocycles. The smallest absolute Gasteiger partial charge is 0.115 e. The van der Waals surface area contributed by atoms with Gasteiger partial charge in [0.1, 0.15) is 6.33 Å². The minimum Gasteiger partial charge on any atom is -0.330 e. The van der Waals surface area contributed by atoms with Crippen LogP contribution in [-0.2, 0) is 6.42 Å². The van der Waals surface area contributed by atoms with Crippen LogP contribution in [0.2, 0.25) is 0 Å². The lowest BCUT2D eigenvalue weighted by Crippen LogP contribution is -2.10. The Morgan fingerprint density at radius 1 is 1.19 bits per heavy atom. The summed E-state index contributed by atoms with van der Waals surface area (Å²) in [6.45, 7) is 0.688. The van der Waals surface area contributed by atoms with Crippen molar-refractivity contribution in [2.45, 2.75) is 50.9 Å². The molecule has 1 saturated carbocycles. The van der Waals surface area contributed by atoms with Crippen molar-refractivity contribution < 1.29 is 0 Å². The Hall–Kier alpha value is -0.960. The maximum Gasteiger partial charge on any atom is 0.115 e. The summed E-state index contributed by atoms with van der Waals surface area (Å²) in [5, 5.41) is 0. The van der Waals surface area contributed by atoms with Crippen molar-refractivity contribution in [2.24, 2.45) is 5.73 Å². The Morgan fingerprint density at radius 3 is 2.62 bits per heavy atom. The summed E-state index contributed by atoms with van der Waals surface area (Å²) in [5.74, 6) is 0.645. The maximum absolute atomic E-state index is 5.63. The van der Waals surface area contributed by atoms with Crippen LogP contribution in [0.25, 0.3) is 0 Å². The van der Waals surface area contributed by atoms with Crippen molar-refractivity contribution in [1.82, 2.24) is 9.97 Å². The summed E-state index contributed by atoms with van der Waals surface area (Å²) in [6.07, 6.45) is 12.6. The summed E-state index contributed by atoms with van der Waals surface area (Å²) >= 11 is 0. The van der Waals surface area contributed by atoms with Crippen molar-refractivity contribution >= 4 is 0 Å². The summed E-state index contributed by atoms with van der Waals surface area (Å²) in [5.41, 5.74) is 8.16. The molecule has 0 atom stereocenters. The van der Waals surface area contributed by atoms with Crippen LogP contribution < -0.4 is 5.73 Å². The molecule has 1 aromatic rings. The lowest BCUT2D eigenvalue weighted by Gasteiger charge is -2.16. The highest BCUT2D eigenvalue weighted by molar-refractivity contribution is 5.20. The molecule has 2 N–H and O–H groups in total. The zero-order valence-corrected chi connectivity index (χ0v) is 9.86. The highest BCUT2D eigenvalue weighted by atomic mass is 14.8. The van der Waals surface area contributed by atoms with E-state index < -0.39 is 0 Å². The summed E-state index contributed by atoms with van der Waals surface area (Å²) in [6, 6.07) is 0. The molecule has 0 spiro atoms. The molecule has 3 nitrogen and oxygen atoms in total. The highest BCUT2D eigenvalue weighted by Gasteiger charge is 2.18. The zero-order valence-electron chi connectivity index (χ0n) is 9.86. The van der Waals surface area contributed by atoms with Gasteiger partial charge in [-0.1, -0.05) is 25.7 Å². The quantitative estimate of drug-likeness (QED) is 0.794. The number of aromatic nitrogens is 2. The fourth-order valence-corrected chi connectivity index (χ4v) is 2.64. The third-order valence-corrected chi connectivity index (χ3v) is 3.48. The number of hydrogen-bond donors (Lipinski definition) is 1. The molecular weight excluding hydrogens is 198 g/mol. The van der Waals surface area contributed by atoms with Crippen LogP contribution in [-0.4, -0.2) is 16.5 Å². The van der Waals surface area contributed by atoms with Crippen molar-refractivity contribution in [1.29, 1.82) is 0 Å². The molecule has 0 radical (unpaired) electrons. The molecule has 0 amide bonds. The minimum absolute atomic E-state index is 0.645. The average molecular weight is 219 g/mol. The van der Waals surface area contributed by atoms with Gasteiger partial charge in [0.15, 0.2) is 0 Å². The average Bonchev–Trinajstić information content (AvgIpc) is 2.59. The topological polar surface area (TPSA) is 51.8 Å². The third-order valence-electron chi connectivity index (χ3n) is 3.48. The molecule has 0 bridgehead atoms. The first-order valence-electron chi connectivity index (χ1n) is 6.40. The largest absolute Gasteiger partial charge is 0.330 e. The van der Waals surface area contributed by atoms with Crippen molar-refractivity contribution in [2.75, 3.05) is 6.54 Å². The fraction of sp³-hybridized carbons (Fsp3) is 0.692. The SMILES string of the molecule is NCCc1cncnc1C1CCCCCC1. The van der Waals surface area contributed by atoms with Gasteiger partial charge in [-0.2, -0.15) is 0 Å². The second-order valence-corrected chi connectivity index (χ2v) is 4.66. The van der Waals surface area contributed by atoms with Crippen LogP contribution in [0, 0.1) is 0 Å². The Morgan fingerprint density at radius 2 is 1.94 bits per heavy atom. The Bertz CT molecular complexity index is 317. The molecule has 1 aliphatic rings. The standard InChI is InChI=1S/C13H21N3/c14-8-7-12-9-15-10-16-13(12)11-5-3-1-2-4-6-11/h9-11H,1-8,14H2. The third kappa shape index (κ3) is 2.79. The highest BCUT2D eigenvalue weighted by Crippen LogP contribution is 2.31. The van der Waals surface area contributed by atoms with Gasteiger partial charge in [-0.3, -0.25) is 0 Å². The first-order valence-corrected chi connectivity index (χ1v) is 6.40. The second kappa shape index (κ2) is 5.94. The van der Waals surface area contributed by atoms with E-state index in [-0.39, 0.29) is 0 Å². The molecule has 0 unspecified atom stereocenters. The maximum atomic E-state index is 5.63. The van der Waals surface area contributed by atoms with Gasteiger partial charge >= 0.3 is 0 Å². The number of nitrogens with zero attached hydrogens (tertiary/aromatic N) is 2. The van der Waals surface area contributed by atoms with Crippen molar-refractivity contribution in [3.05, 3.63) is 23.8 Å². The van der Waals surface area contributed by atoms with Gasteiger partial charge in [0.2, 0.25) is 0 Å². The summed E-state index contributed by atoms with van der Waals surface area (Å²) < 4.78 is 0. The molecule has 1 fully saturated rings. The van der Waals surface area contributed by atoms with Gasteiger partial charge in [-0.05, 0) is 31.4 Å². The lowest BCUT2D eigenvalue weighted by molar-refractivity contribution is 0.569. The van der Waals surface area contributed by atoms with Gasteiger partial charge in [0.25, 0.3) is 0 Å². The lowest BCUT2D eigenvalue weighted by atomic mass is 9.92. The van der Waals surface area contributed by atoms with Gasteiger partial charge < -0.3 is 5.73 Å². The van der Waals surface area contributed by atoms with E-state index in [9.17, 15) is 0 Å². The Kier molecular flexibility index (Phi) is 4.28. The van der Waals surface area contributed by atoms with E-state index >= 15 is 0 Å². The predicted octanol–water partition coefficient (Wildman–Crippen LogP) is 2.42. The molecule has 0 aromatic carbocycles.